The predicted octanol–water partition coefficient (Wildman–Crippen LogP) is 3.78. The summed E-state index contributed by atoms with van der Waals surface area (Å²) < 4.78 is 13.2. The van der Waals surface area contributed by atoms with E-state index in [9.17, 15) is 9.59 Å². The third kappa shape index (κ3) is 4.36. The molecule has 0 bridgehead atoms. The highest BCUT2D eigenvalue weighted by molar-refractivity contribution is 7.07. The molecule has 4 aromatic rings. The topological polar surface area (TPSA) is 85.8 Å². The monoisotopic (exact) mass is 485 g/mol. The van der Waals surface area contributed by atoms with Crippen molar-refractivity contribution in [1.29, 1.82) is 0 Å². The second-order valence-electron chi connectivity index (χ2n) is 8.12. The lowest BCUT2D eigenvalue weighted by Crippen LogP contribution is -2.40. The van der Waals surface area contributed by atoms with Gasteiger partial charge in [0, 0.05) is 5.69 Å². The largest absolute Gasteiger partial charge is 0.497 e. The Morgan fingerprint density at radius 2 is 1.83 bits per heavy atom. The number of carbonyl (C=O) groups excluding carboxylic acids is 1. The van der Waals surface area contributed by atoms with Crippen LogP contribution in [0.5, 0.6) is 5.75 Å². The summed E-state index contributed by atoms with van der Waals surface area (Å²) in [6.07, 6.45) is 1.82. The zero-order valence-electron chi connectivity index (χ0n) is 19.4. The van der Waals surface area contributed by atoms with Crippen molar-refractivity contribution in [1.82, 2.24) is 4.57 Å². The van der Waals surface area contributed by atoms with Crippen LogP contribution in [0, 0.1) is 6.92 Å². The van der Waals surface area contributed by atoms with Gasteiger partial charge in [-0.05, 0) is 61.9 Å². The number of hydrogen-bond donors (Lipinski definition) is 1. The van der Waals surface area contributed by atoms with E-state index in [4.69, 9.17) is 9.15 Å². The first-order chi connectivity index (χ1) is 16.9. The highest BCUT2D eigenvalue weighted by Crippen LogP contribution is 2.31. The number of allylic oxidation sites excluding steroid dienone is 1. The van der Waals surface area contributed by atoms with Gasteiger partial charge in [-0.3, -0.25) is 14.2 Å². The van der Waals surface area contributed by atoms with Crippen LogP contribution < -0.4 is 24.9 Å². The summed E-state index contributed by atoms with van der Waals surface area (Å²) in [6, 6.07) is 19.5. The van der Waals surface area contributed by atoms with Gasteiger partial charge in [-0.25, -0.2) is 4.99 Å². The number of hydrogen-bond acceptors (Lipinski definition) is 6. The lowest BCUT2D eigenvalue weighted by atomic mass is 10.00. The molecule has 2 aromatic carbocycles. The molecule has 3 heterocycles. The molecule has 1 aliphatic rings. The summed E-state index contributed by atoms with van der Waals surface area (Å²) in [6.45, 7) is 3.61. The van der Waals surface area contributed by atoms with Gasteiger partial charge in [-0.2, -0.15) is 0 Å². The van der Waals surface area contributed by atoms with Gasteiger partial charge >= 0.3 is 0 Å². The number of amides is 1. The fourth-order valence-corrected chi connectivity index (χ4v) is 5.10. The zero-order chi connectivity index (χ0) is 24.5. The van der Waals surface area contributed by atoms with Crippen LogP contribution in [0.1, 0.15) is 30.0 Å². The zero-order valence-corrected chi connectivity index (χ0v) is 20.3. The minimum atomic E-state index is -0.735. The van der Waals surface area contributed by atoms with E-state index in [0.29, 0.717) is 37.8 Å². The van der Waals surface area contributed by atoms with Crippen molar-refractivity contribution in [3.8, 4) is 5.75 Å². The van der Waals surface area contributed by atoms with Crippen LogP contribution in [-0.4, -0.2) is 17.6 Å². The Labute approximate surface area is 205 Å². The highest BCUT2D eigenvalue weighted by Gasteiger charge is 2.34. The molecule has 5 rings (SSSR count). The quantitative estimate of drug-likeness (QED) is 0.466. The molecule has 35 heavy (non-hydrogen) atoms. The van der Waals surface area contributed by atoms with E-state index in [-0.39, 0.29) is 11.5 Å². The molecule has 0 radical (unpaired) electrons. The first-order valence-corrected chi connectivity index (χ1v) is 11.9. The molecular weight excluding hydrogens is 462 g/mol. The predicted molar refractivity (Wildman–Crippen MR) is 135 cm³/mol. The molecule has 176 valence electrons. The minimum absolute atomic E-state index is 0.235. The van der Waals surface area contributed by atoms with E-state index in [1.165, 1.54) is 11.3 Å². The molecule has 2 aromatic heterocycles. The number of nitrogens with zero attached hydrogens (tertiary/aromatic N) is 2. The number of furan rings is 1. The molecule has 1 aliphatic heterocycles. The summed E-state index contributed by atoms with van der Waals surface area (Å²) in [5.74, 6) is 1.60. The highest BCUT2D eigenvalue weighted by atomic mass is 32.1. The molecule has 0 fully saturated rings. The summed E-state index contributed by atoms with van der Waals surface area (Å²) >= 11 is 1.28. The molecular formula is C27H23N3O4S. The van der Waals surface area contributed by atoms with Gasteiger partial charge in [0.05, 0.1) is 22.9 Å². The molecule has 0 aliphatic carbocycles. The van der Waals surface area contributed by atoms with Crippen LogP contribution in [0.3, 0.4) is 0 Å². The molecule has 1 unspecified atom stereocenters. The number of aromatic nitrogens is 1. The van der Waals surface area contributed by atoms with Crippen molar-refractivity contribution < 1.29 is 13.9 Å². The smallest absolute Gasteiger partial charge is 0.271 e. The summed E-state index contributed by atoms with van der Waals surface area (Å²) in [7, 11) is 1.61. The van der Waals surface area contributed by atoms with Crippen molar-refractivity contribution in [3.05, 3.63) is 115 Å². The van der Waals surface area contributed by atoms with Crippen LogP contribution in [-0.2, 0) is 4.79 Å². The normalized spacial score (nSPS) is 15.5. The lowest BCUT2D eigenvalue weighted by Gasteiger charge is -2.23. The Hall–Kier alpha value is -4.17. The Kier molecular flexibility index (Phi) is 5.96. The Balaban J connectivity index is 1.64. The molecule has 0 saturated carbocycles. The maximum atomic E-state index is 13.6. The summed E-state index contributed by atoms with van der Waals surface area (Å²) in [5.41, 5.74) is 2.19. The van der Waals surface area contributed by atoms with E-state index in [1.54, 1.807) is 24.7 Å². The molecule has 1 atom stereocenters. The van der Waals surface area contributed by atoms with Crippen molar-refractivity contribution in [2.45, 2.75) is 19.9 Å². The standard InChI is InChI=1S/C27H23N3O4S/c1-16-9-14-21(34-16)24-23(25(31)29-19-7-5-4-6-8-19)17(2)28-27-30(24)26(32)22(35-27)15-18-10-12-20(33-3)13-11-18/h4-15,24H,1-3H3,(H,29,31)/b22-15+. The second-order valence-corrected chi connectivity index (χ2v) is 9.13. The Bertz CT molecular complexity index is 1610. The SMILES string of the molecule is COc1ccc(/C=c2/sc3n(c2=O)C(c2ccc(C)o2)C(C(=O)Nc2ccccc2)=C(C)N=3)cc1. The van der Waals surface area contributed by atoms with Crippen LogP contribution in [0.4, 0.5) is 5.69 Å². The second kappa shape index (κ2) is 9.23. The Morgan fingerprint density at radius 1 is 1.09 bits per heavy atom. The van der Waals surface area contributed by atoms with Gasteiger partial charge in [-0.15, -0.1) is 0 Å². The molecule has 1 amide bonds. The molecule has 0 spiro atoms. The average Bonchev–Trinajstić information content (AvgIpc) is 3.42. The van der Waals surface area contributed by atoms with Crippen LogP contribution in [0.2, 0.25) is 0 Å². The number of methoxy groups -OCH3 is 1. The maximum absolute atomic E-state index is 13.6. The van der Waals surface area contributed by atoms with E-state index in [0.717, 1.165) is 11.3 Å². The molecule has 7 nitrogen and oxygen atoms in total. The number of ether oxygens (including phenoxy) is 1. The fraction of sp³-hybridized carbons (Fsp3) is 0.148. The number of rotatable bonds is 5. The number of para-hydroxylation sites is 1. The van der Waals surface area contributed by atoms with Crippen LogP contribution >= 0.6 is 11.3 Å². The summed E-state index contributed by atoms with van der Waals surface area (Å²) in [5, 5.41) is 2.93. The van der Waals surface area contributed by atoms with Crippen LogP contribution in [0.25, 0.3) is 6.08 Å². The summed E-state index contributed by atoms with van der Waals surface area (Å²) in [4.78, 5) is 32.2. The number of fused-ring (bicyclic) bond motifs is 1. The number of carbonyl (C=O) groups is 1. The van der Waals surface area contributed by atoms with E-state index < -0.39 is 6.04 Å². The molecule has 0 saturated heterocycles. The fourth-order valence-electron chi connectivity index (χ4n) is 4.05. The van der Waals surface area contributed by atoms with Crippen molar-refractivity contribution >= 4 is 29.0 Å². The van der Waals surface area contributed by atoms with Gasteiger partial charge in [0.15, 0.2) is 4.80 Å². The molecule has 1 N–H and O–H groups in total. The van der Waals surface area contributed by atoms with Crippen molar-refractivity contribution in [2.75, 3.05) is 12.4 Å². The number of nitrogens with one attached hydrogen (secondary N) is 1. The van der Waals surface area contributed by atoms with Gasteiger partial charge < -0.3 is 14.5 Å². The number of thiazole rings is 1. The third-order valence-corrected chi connectivity index (χ3v) is 6.73. The first-order valence-electron chi connectivity index (χ1n) is 11.0. The van der Waals surface area contributed by atoms with E-state index in [2.05, 4.69) is 10.3 Å². The van der Waals surface area contributed by atoms with E-state index in [1.807, 2.05) is 73.7 Å². The number of aryl methyl sites for hydroxylation is 1. The van der Waals surface area contributed by atoms with Gasteiger partial charge in [-0.1, -0.05) is 41.7 Å². The molecule has 8 heteroatoms. The first kappa shape index (κ1) is 22.6. The third-order valence-electron chi connectivity index (χ3n) is 5.74. The van der Waals surface area contributed by atoms with Gasteiger partial charge in [0.1, 0.15) is 23.3 Å². The van der Waals surface area contributed by atoms with Crippen LogP contribution in [0.15, 0.2) is 92.2 Å². The number of benzene rings is 2. The van der Waals surface area contributed by atoms with Crippen molar-refractivity contribution in [2.24, 2.45) is 4.99 Å². The lowest BCUT2D eigenvalue weighted by molar-refractivity contribution is -0.113. The minimum Gasteiger partial charge on any atom is -0.497 e. The van der Waals surface area contributed by atoms with Gasteiger partial charge in [0.25, 0.3) is 11.5 Å². The Morgan fingerprint density at radius 3 is 2.49 bits per heavy atom. The number of anilines is 1. The maximum Gasteiger partial charge on any atom is 0.271 e. The van der Waals surface area contributed by atoms with Crippen molar-refractivity contribution in [3.63, 3.8) is 0 Å². The van der Waals surface area contributed by atoms with Gasteiger partial charge in [0.2, 0.25) is 0 Å². The van der Waals surface area contributed by atoms with E-state index >= 15 is 0 Å². The average molecular weight is 486 g/mol.